The molecule has 6 heteroatoms. The first-order valence-corrected chi connectivity index (χ1v) is 7.72. The summed E-state index contributed by atoms with van der Waals surface area (Å²) in [6.07, 6.45) is 3.66. The van der Waals surface area contributed by atoms with Crippen LogP contribution in [0.2, 0.25) is 0 Å². The van der Waals surface area contributed by atoms with Gasteiger partial charge in [-0.05, 0) is 52.9 Å². The number of carbonyl (C=O) groups is 1. The fourth-order valence-electron chi connectivity index (χ4n) is 1.93. The number of nitrogens with zero attached hydrogens (tertiary/aromatic N) is 1. The number of urea groups is 1. The van der Waals surface area contributed by atoms with E-state index in [1.54, 1.807) is 6.20 Å². The highest BCUT2D eigenvalue weighted by molar-refractivity contribution is 7.07. The van der Waals surface area contributed by atoms with Crippen LogP contribution in [-0.4, -0.2) is 29.2 Å². The molecule has 0 bridgehead atoms. The quantitative estimate of drug-likeness (QED) is 0.764. The maximum Gasteiger partial charge on any atom is 0.314 e. The van der Waals surface area contributed by atoms with E-state index in [-0.39, 0.29) is 12.6 Å². The molecule has 0 saturated heterocycles. The van der Waals surface area contributed by atoms with Gasteiger partial charge in [0.15, 0.2) is 0 Å². The first kappa shape index (κ1) is 15.5. The van der Waals surface area contributed by atoms with Gasteiger partial charge in [-0.15, -0.1) is 0 Å². The highest BCUT2D eigenvalue weighted by Crippen LogP contribution is 2.14. The van der Waals surface area contributed by atoms with Gasteiger partial charge in [0, 0.05) is 25.5 Å². The fraction of sp³-hybridized carbons (Fsp3) is 0.333. The summed E-state index contributed by atoms with van der Waals surface area (Å²) in [5.41, 5.74) is 3.11. The van der Waals surface area contributed by atoms with E-state index in [9.17, 15) is 9.90 Å². The summed E-state index contributed by atoms with van der Waals surface area (Å²) in [7, 11) is 0. The smallest absolute Gasteiger partial charge is 0.314 e. The number of hydrogen-bond acceptors (Lipinski definition) is 4. The molecule has 112 valence electrons. The molecule has 1 unspecified atom stereocenters. The van der Waals surface area contributed by atoms with Crippen molar-refractivity contribution in [1.82, 2.24) is 15.6 Å². The summed E-state index contributed by atoms with van der Waals surface area (Å²) < 4.78 is 0. The van der Waals surface area contributed by atoms with Crippen molar-refractivity contribution in [2.24, 2.45) is 0 Å². The zero-order chi connectivity index (χ0) is 15.1. The van der Waals surface area contributed by atoms with Crippen LogP contribution in [0.25, 0.3) is 0 Å². The highest BCUT2D eigenvalue weighted by atomic mass is 32.1. The van der Waals surface area contributed by atoms with Crippen LogP contribution < -0.4 is 10.6 Å². The summed E-state index contributed by atoms with van der Waals surface area (Å²) in [5, 5.41) is 19.1. The molecule has 2 rings (SSSR count). The van der Waals surface area contributed by atoms with E-state index in [0.29, 0.717) is 6.54 Å². The molecule has 2 heterocycles. The Bertz CT molecular complexity index is 572. The third kappa shape index (κ3) is 4.84. The Balaban J connectivity index is 1.67. The average Bonchev–Trinajstić information content (AvgIpc) is 3.01. The van der Waals surface area contributed by atoms with Gasteiger partial charge in [-0.25, -0.2) is 4.79 Å². The van der Waals surface area contributed by atoms with Crippen LogP contribution in [0.3, 0.4) is 0 Å². The molecular weight excluding hydrogens is 286 g/mol. The van der Waals surface area contributed by atoms with Crippen molar-refractivity contribution in [3.63, 3.8) is 0 Å². The summed E-state index contributed by atoms with van der Waals surface area (Å²) in [6.45, 7) is 2.75. The van der Waals surface area contributed by atoms with Crippen LogP contribution in [0.15, 0.2) is 35.3 Å². The average molecular weight is 305 g/mol. The van der Waals surface area contributed by atoms with Crippen LogP contribution in [0.1, 0.15) is 22.8 Å². The highest BCUT2D eigenvalue weighted by Gasteiger charge is 2.09. The number of hydrogen-bond donors (Lipinski definition) is 3. The number of pyridine rings is 1. The second kappa shape index (κ2) is 7.75. The van der Waals surface area contributed by atoms with Crippen LogP contribution in [0.5, 0.6) is 0 Å². The van der Waals surface area contributed by atoms with E-state index in [4.69, 9.17) is 0 Å². The molecule has 2 aromatic heterocycles. The summed E-state index contributed by atoms with van der Waals surface area (Å²) in [4.78, 5) is 15.7. The van der Waals surface area contributed by atoms with Gasteiger partial charge in [-0.1, -0.05) is 0 Å². The molecule has 0 aliphatic carbocycles. The second-order valence-corrected chi connectivity index (χ2v) is 5.54. The standard InChI is InChI=1S/C15H19N3O2S/c1-11-8-16-5-2-12(11)3-6-17-15(20)18-9-14(19)13-4-7-21-10-13/h2,4-5,7-8,10,14,19H,3,6,9H2,1H3,(H2,17,18,20). The van der Waals surface area contributed by atoms with E-state index >= 15 is 0 Å². The van der Waals surface area contributed by atoms with Crippen LogP contribution in [0.4, 0.5) is 4.79 Å². The predicted octanol–water partition coefficient (Wildman–Crippen LogP) is 2.03. The number of rotatable bonds is 6. The van der Waals surface area contributed by atoms with Gasteiger partial charge in [0.2, 0.25) is 0 Å². The molecule has 0 radical (unpaired) electrons. The predicted molar refractivity (Wildman–Crippen MR) is 83.4 cm³/mol. The second-order valence-electron chi connectivity index (χ2n) is 4.76. The summed E-state index contributed by atoms with van der Waals surface area (Å²) in [5.74, 6) is 0. The number of thiophene rings is 1. The van der Waals surface area contributed by atoms with Gasteiger partial charge in [0.05, 0.1) is 6.10 Å². The van der Waals surface area contributed by atoms with E-state index in [2.05, 4.69) is 15.6 Å². The molecule has 2 amide bonds. The number of aliphatic hydroxyl groups is 1. The van der Waals surface area contributed by atoms with Gasteiger partial charge >= 0.3 is 6.03 Å². The number of nitrogens with one attached hydrogen (secondary N) is 2. The van der Waals surface area contributed by atoms with Crippen molar-refractivity contribution in [1.29, 1.82) is 0 Å². The van der Waals surface area contributed by atoms with Crippen molar-refractivity contribution in [3.8, 4) is 0 Å². The molecule has 0 fully saturated rings. The SMILES string of the molecule is Cc1cnccc1CCNC(=O)NCC(O)c1ccsc1. The summed E-state index contributed by atoms with van der Waals surface area (Å²) in [6, 6.07) is 3.53. The van der Waals surface area contributed by atoms with Gasteiger partial charge in [-0.3, -0.25) is 4.98 Å². The lowest BCUT2D eigenvalue weighted by atomic mass is 10.1. The fourth-order valence-corrected chi connectivity index (χ4v) is 2.63. The Morgan fingerprint density at radius 3 is 3.00 bits per heavy atom. The molecular formula is C15H19N3O2S. The van der Waals surface area contributed by atoms with Crippen molar-refractivity contribution in [3.05, 3.63) is 52.0 Å². The van der Waals surface area contributed by atoms with E-state index in [0.717, 1.165) is 17.5 Å². The Morgan fingerprint density at radius 1 is 1.43 bits per heavy atom. The Labute approximate surface area is 128 Å². The molecule has 1 atom stereocenters. The Kier molecular flexibility index (Phi) is 5.71. The van der Waals surface area contributed by atoms with Gasteiger partial charge < -0.3 is 15.7 Å². The van der Waals surface area contributed by atoms with Crippen molar-refractivity contribution in [2.75, 3.05) is 13.1 Å². The molecule has 0 aliphatic rings. The molecule has 0 aromatic carbocycles. The maximum absolute atomic E-state index is 11.6. The number of aromatic nitrogens is 1. The van der Waals surface area contributed by atoms with E-state index in [1.807, 2.05) is 36.0 Å². The third-order valence-electron chi connectivity index (χ3n) is 3.20. The lowest BCUT2D eigenvalue weighted by Crippen LogP contribution is -2.38. The minimum Gasteiger partial charge on any atom is -0.387 e. The van der Waals surface area contributed by atoms with Gasteiger partial charge in [-0.2, -0.15) is 11.3 Å². The minimum absolute atomic E-state index is 0.205. The first-order valence-electron chi connectivity index (χ1n) is 6.78. The van der Waals surface area contributed by atoms with Crippen LogP contribution >= 0.6 is 11.3 Å². The molecule has 0 aliphatic heterocycles. The van der Waals surface area contributed by atoms with Crippen molar-refractivity contribution < 1.29 is 9.90 Å². The van der Waals surface area contributed by atoms with Crippen molar-refractivity contribution >= 4 is 17.4 Å². The maximum atomic E-state index is 11.6. The largest absolute Gasteiger partial charge is 0.387 e. The number of amides is 2. The van der Waals surface area contributed by atoms with Crippen molar-refractivity contribution in [2.45, 2.75) is 19.4 Å². The molecule has 0 saturated carbocycles. The Hall–Kier alpha value is -1.92. The number of aliphatic hydroxyl groups excluding tert-OH is 1. The van der Waals surface area contributed by atoms with E-state index < -0.39 is 6.10 Å². The van der Waals surface area contributed by atoms with Crippen LogP contribution in [-0.2, 0) is 6.42 Å². The normalized spacial score (nSPS) is 11.9. The Morgan fingerprint density at radius 2 is 2.29 bits per heavy atom. The zero-order valence-electron chi connectivity index (χ0n) is 11.9. The molecule has 21 heavy (non-hydrogen) atoms. The molecule has 3 N–H and O–H groups in total. The lowest BCUT2D eigenvalue weighted by Gasteiger charge is -2.12. The summed E-state index contributed by atoms with van der Waals surface area (Å²) >= 11 is 1.52. The van der Waals surface area contributed by atoms with E-state index in [1.165, 1.54) is 16.9 Å². The zero-order valence-corrected chi connectivity index (χ0v) is 12.7. The number of aryl methyl sites for hydroxylation is 1. The van der Waals surface area contributed by atoms with Gasteiger partial charge in [0.25, 0.3) is 0 Å². The lowest BCUT2D eigenvalue weighted by molar-refractivity contribution is 0.173. The van der Waals surface area contributed by atoms with Crippen LogP contribution in [0, 0.1) is 6.92 Å². The monoisotopic (exact) mass is 305 g/mol. The first-order chi connectivity index (χ1) is 10.2. The molecule has 0 spiro atoms. The molecule has 5 nitrogen and oxygen atoms in total. The third-order valence-corrected chi connectivity index (χ3v) is 3.90. The minimum atomic E-state index is -0.663. The number of carbonyl (C=O) groups excluding carboxylic acids is 1. The molecule has 2 aromatic rings. The van der Waals surface area contributed by atoms with Gasteiger partial charge in [0.1, 0.15) is 0 Å². The topological polar surface area (TPSA) is 74.2 Å².